The predicted octanol–water partition coefficient (Wildman–Crippen LogP) is 1.79. The van der Waals surface area contributed by atoms with Crippen molar-refractivity contribution in [2.75, 3.05) is 14.2 Å². The molecule has 0 bridgehead atoms. The van der Waals surface area contributed by atoms with Crippen molar-refractivity contribution in [3.63, 3.8) is 0 Å². The lowest BCUT2D eigenvalue weighted by Crippen LogP contribution is -2.45. The van der Waals surface area contributed by atoms with Gasteiger partial charge in [-0.15, -0.1) is 0 Å². The first-order chi connectivity index (χ1) is 5.13. The molecule has 0 heterocycles. The molecule has 11 heavy (non-hydrogen) atoms. The quantitative estimate of drug-likeness (QED) is 0.472. The van der Waals surface area contributed by atoms with Gasteiger partial charge in [-0.05, 0) is 0 Å². The largest absolute Gasteiger partial charge is 0.567 e. The molecule has 0 aliphatic carbocycles. The van der Waals surface area contributed by atoms with Gasteiger partial charge in [0.05, 0.1) is 6.26 Å². The zero-order valence-electron chi connectivity index (χ0n) is 7.59. The fourth-order valence-electron chi connectivity index (χ4n) is 0.903. The summed E-state index contributed by atoms with van der Waals surface area (Å²) in [5, 5.41) is 0. The minimum Gasteiger partial charge on any atom is -0.508 e. The average Bonchev–Trinajstić information content (AvgIpc) is 2.00. The van der Waals surface area contributed by atoms with Crippen LogP contribution in [-0.4, -0.2) is 23.0 Å². The van der Waals surface area contributed by atoms with Crippen molar-refractivity contribution in [3.05, 3.63) is 12.8 Å². The third-order valence-electron chi connectivity index (χ3n) is 1.52. The summed E-state index contributed by atoms with van der Waals surface area (Å²) in [6.45, 7) is 7.48. The Hall–Kier alpha value is -0.323. The van der Waals surface area contributed by atoms with Crippen LogP contribution < -0.4 is 0 Å². The highest BCUT2D eigenvalue weighted by Crippen LogP contribution is 2.23. The highest BCUT2D eigenvalue weighted by atomic mass is 28.4. The molecule has 0 aliphatic rings. The van der Waals surface area contributed by atoms with E-state index in [0.717, 1.165) is 0 Å². The first-order valence-electron chi connectivity index (χ1n) is 3.52. The minimum atomic E-state index is -2.44. The molecule has 3 nitrogen and oxygen atoms in total. The summed E-state index contributed by atoms with van der Waals surface area (Å²) in [6, 6.07) is 0. The second kappa shape index (κ2) is 4.53. The monoisotopic (exact) mass is 176 g/mol. The minimum absolute atomic E-state index is 0.246. The number of rotatable bonds is 5. The first-order valence-corrected chi connectivity index (χ1v) is 5.32. The predicted molar refractivity (Wildman–Crippen MR) is 46.2 cm³/mol. The summed E-state index contributed by atoms with van der Waals surface area (Å²) in [5.74, 6) is 0. The van der Waals surface area contributed by atoms with Crippen molar-refractivity contribution in [1.29, 1.82) is 0 Å². The molecule has 0 unspecified atom stereocenters. The van der Waals surface area contributed by atoms with Crippen LogP contribution in [-0.2, 0) is 13.3 Å². The molecule has 0 aliphatic heterocycles. The summed E-state index contributed by atoms with van der Waals surface area (Å²) in [6.07, 6.45) is 1.37. The Kier molecular flexibility index (Phi) is 4.40. The van der Waals surface area contributed by atoms with E-state index >= 15 is 0 Å². The summed E-state index contributed by atoms with van der Waals surface area (Å²) in [5.41, 5.74) is 0.246. The third kappa shape index (κ3) is 2.32. The average molecular weight is 176 g/mol. The van der Waals surface area contributed by atoms with Crippen LogP contribution in [0, 0.1) is 0 Å². The van der Waals surface area contributed by atoms with Gasteiger partial charge >= 0.3 is 8.80 Å². The number of hydrogen-bond acceptors (Lipinski definition) is 3. The van der Waals surface area contributed by atoms with Crippen LogP contribution in [0.3, 0.4) is 0 Å². The Bertz CT molecular complexity index is 121. The molecule has 66 valence electrons. The van der Waals surface area contributed by atoms with E-state index in [1.54, 1.807) is 14.2 Å². The van der Waals surface area contributed by atoms with Gasteiger partial charge < -0.3 is 13.3 Å². The van der Waals surface area contributed by atoms with Crippen LogP contribution in [0.15, 0.2) is 12.8 Å². The summed E-state index contributed by atoms with van der Waals surface area (Å²) in [4.78, 5) is 0. The summed E-state index contributed by atoms with van der Waals surface area (Å²) < 4.78 is 15.7. The van der Waals surface area contributed by atoms with Gasteiger partial charge in [0, 0.05) is 19.8 Å². The van der Waals surface area contributed by atoms with Gasteiger partial charge in [0.1, 0.15) is 0 Å². The van der Waals surface area contributed by atoms with E-state index in [9.17, 15) is 0 Å². The van der Waals surface area contributed by atoms with Crippen molar-refractivity contribution < 1.29 is 13.3 Å². The van der Waals surface area contributed by atoms with Gasteiger partial charge in [0.2, 0.25) is 0 Å². The summed E-state index contributed by atoms with van der Waals surface area (Å²) in [7, 11) is 0.754. The lowest BCUT2D eigenvalue weighted by molar-refractivity contribution is 0.132. The van der Waals surface area contributed by atoms with Gasteiger partial charge in [-0.3, -0.25) is 0 Å². The zero-order valence-corrected chi connectivity index (χ0v) is 8.59. The van der Waals surface area contributed by atoms with Crippen molar-refractivity contribution in [3.8, 4) is 0 Å². The maximum Gasteiger partial charge on any atom is 0.567 e. The number of hydrogen-bond donors (Lipinski definition) is 0. The van der Waals surface area contributed by atoms with Gasteiger partial charge in [-0.25, -0.2) is 0 Å². The highest BCUT2D eigenvalue weighted by molar-refractivity contribution is 6.62. The van der Waals surface area contributed by atoms with E-state index in [1.807, 2.05) is 13.8 Å². The second-order valence-electron chi connectivity index (χ2n) is 2.45. The van der Waals surface area contributed by atoms with Crippen LogP contribution in [0.25, 0.3) is 0 Å². The highest BCUT2D eigenvalue weighted by Gasteiger charge is 2.44. The molecule has 4 heteroatoms. The van der Waals surface area contributed by atoms with Gasteiger partial charge in [0.25, 0.3) is 0 Å². The standard InChI is InChI=1S/C7H16O3Si/c1-6-10-11(8-4,9-5)7(2)3/h6-7H,1H2,2-5H3. The van der Waals surface area contributed by atoms with Crippen LogP contribution in [0.5, 0.6) is 0 Å². The normalized spacial score (nSPS) is 11.7. The van der Waals surface area contributed by atoms with Crippen LogP contribution >= 0.6 is 0 Å². The molecular weight excluding hydrogens is 160 g/mol. The van der Waals surface area contributed by atoms with E-state index < -0.39 is 8.80 Å². The molecule has 0 aromatic heterocycles. The van der Waals surface area contributed by atoms with Crippen molar-refractivity contribution in [2.45, 2.75) is 19.4 Å². The Balaban J connectivity index is 4.31. The van der Waals surface area contributed by atoms with Gasteiger partial charge in [0.15, 0.2) is 0 Å². The SMILES string of the molecule is C=CO[Si](OC)(OC)C(C)C. The van der Waals surface area contributed by atoms with E-state index in [-0.39, 0.29) is 5.54 Å². The lowest BCUT2D eigenvalue weighted by Gasteiger charge is -2.27. The molecular formula is C7H16O3Si. The molecule has 0 atom stereocenters. The Morgan fingerprint density at radius 2 is 1.73 bits per heavy atom. The Morgan fingerprint density at radius 1 is 1.27 bits per heavy atom. The molecule has 0 aromatic rings. The van der Waals surface area contributed by atoms with Crippen molar-refractivity contribution >= 4 is 8.80 Å². The van der Waals surface area contributed by atoms with Crippen LogP contribution in [0.2, 0.25) is 5.54 Å². The van der Waals surface area contributed by atoms with E-state index in [1.165, 1.54) is 6.26 Å². The summed E-state index contributed by atoms with van der Waals surface area (Å²) >= 11 is 0. The molecule has 0 fully saturated rings. The van der Waals surface area contributed by atoms with E-state index in [4.69, 9.17) is 13.3 Å². The topological polar surface area (TPSA) is 27.7 Å². The Labute approximate surface area is 69.3 Å². The van der Waals surface area contributed by atoms with Gasteiger partial charge in [-0.1, -0.05) is 20.4 Å². The fraction of sp³-hybridized carbons (Fsp3) is 0.714. The van der Waals surface area contributed by atoms with Crippen molar-refractivity contribution in [1.82, 2.24) is 0 Å². The molecule has 0 N–H and O–H groups in total. The molecule has 0 saturated carbocycles. The van der Waals surface area contributed by atoms with E-state index in [0.29, 0.717) is 0 Å². The smallest absolute Gasteiger partial charge is 0.508 e. The molecule has 0 saturated heterocycles. The molecule has 0 spiro atoms. The Morgan fingerprint density at radius 3 is 1.82 bits per heavy atom. The van der Waals surface area contributed by atoms with E-state index in [2.05, 4.69) is 6.58 Å². The molecule has 0 rings (SSSR count). The molecule has 0 amide bonds. The first kappa shape index (κ1) is 10.7. The van der Waals surface area contributed by atoms with Crippen molar-refractivity contribution in [2.24, 2.45) is 0 Å². The molecule has 0 aromatic carbocycles. The maximum atomic E-state index is 5.25. The molecule has 0 radical (unpaired) electrons. The second-order valence-corrected chi connectivity index (χ2v) is 5.87. The zero-order chi connectivity index (χ0) is 8.91. The maximum absolute atomic E-state index is 5.25. The lowest BCUT2D eigenvalue weighted by atomic mass is 10.6. The van der Waals surface area contributed by atoms with Crippen LogP contribution in [0.4, 0.5) is 0 Å². The van der Waals surface area contributed by atoms with Gasteiger partial charge in [-0.2, -0.15) is 0 Å². The third-order valence-corrected chi connectivity index (χ3v) is 4.57. The van der Waals surface area contributed by atoms with Crippen LogP contribution in [0.1, 0.15) is 13.8 Å². The fourth-order valence-corrected chi connectivity index (χ4v) is 2.71.